The van der Waals surface area contributed by atoms with Gasteiger partial charge >= 0.3 is 0 Å². The summed E-state index contributed by atoms with van der Waals surface area (Å²) in [5.41, 5.74) is 2.04. The van der Waals surface area contributed by atoms with Gasteiger partial charge in [0.25, 0.3) is 11.8 Å². The number of rotatable bonds is 7. The Labute approximate surface area is 157 Å². The van der Waals surface area contributed by atoms with E-state index in [0.717, 1.165) is 12.1 Å². The van der Waals surface area contributed by atoms with Crippen LogP contribution in [0.15, 0.2) is 66.9 Å². The number of para-hydroxylation sites is 1. The fraction of sp³-hybridized carbons (Fsp3) is 0.200. The van der Waals surface area contributed by atoms with Crippen LogP contribution in [0.2, 0.25) is 5.02 Å². The van der Waals surface area contributed by atoms with Gasteiger partial charge in [0.2, 0.25) is 0 Å². The van der Waals surface area contributed by atoms with E-state index < -0.39 is 6.10 Å². The van der Waals surface area contributed by atoms with E-state index in [2.05, 4.69) is 10.4 Å². The normalized spacial score (nSPS) is 11.8. The molecule has 1 N–H and O–H groups in total. The van der Waals surface area contributed by atoms with E-state index in [9.17, 15) is 4.79 Å². The van der Waals surface area contributed by atoms with Gasteiger partial charge in [-0.25, -0.2) is 4.68 Å². The number of carbonyl (C=O) groups excluding carboxylic acids is 1. The SMILES string of the molecule is C[C@H](Oc1nn(-c2ccccc2)cc1Cl)C(=O)NCCc1ccccc1. The van der Waals surface area contributed by atoms with E-state index in [0.29, 0.717) is 11.6 Å². The number of benzene rings is 2. The van der Waals surface area contributed by atoms with Crippen LogP contribution in [0.25, 0.3) is 5.69 Å². The van der Waals surface area contributed by atoms with Gasteiger partial charge in [-0.1, -0.05) is 60.1 Å². The molecule has 0 spiro atoms. The highest BCUT2D eigenvalue weighted by Gasteiger charge is 2.18. The number of ether oxygens (including phenoxy) is 1. The summed E-state index contributed by atoms with van der Waals surface area (Å²) >= 11 is 6.19. The Hall–Kier alpha value is -2.79. The van der Waals surface area contributed by atoms with E-state index in [1.165, 1.54) is 5.56 Å². The van der Waals surface area contributed by atoms with Gasteiger partial charge in [-0.3, -0.25) is 4.79 Å². The molecule has 134 valence electrons. The topological polar surface area (TPSA) is 56.2 Å². The largest absolute Gasteiger partial charge is 0.462 e. The molecule has 6 heteroatoms. The fourth-order valence-corrected chi connectivity index (χ4v) is 2.64. The van der Waals surface area contributed by atoms with Gasteiger partial charge in [0, 0.05) is 6.54 Å². The van der Waals surface area contributed by atoms with Crippen molar-refractivity contribution in [1.29, 1.82) is 0 Å². The van der Waals surface area contributed by atoms with Gasteiger partial charge in [-0.05, 0) is 31.0 Å². The average Bonchev–Trinajstić information content (AvgIpc) is 3.03. The number of hydrogen-bond donors (Lipinski definition) is 1. The molecule has 0 unspecified atom stereocenters. The molecule has 0 aliphatic rings. The molecular formula is C20H20ClN3O2. The van der Waals surface area contributed by atoms with Crippen LogP contribution in [0.3, 0.4) is 0 Å². The van der Waals surface area contributed by atoms with Crippen LogP contribution in [-0.4, -0.2) is 28.3 Å². The molecule has 26 heavy (non-hydrogen) atoms. The summed E-state index contributed by atoms with van der Waals surface area (Å²) in [5.74, 6) is 0.0347. The highest BCUT2D eigenvalue weighted by Crippen LogP contribution is 2.24. The third-order valence-corrected chi connectivity index (χ3v) is 4.13. The van der Waals surface area contributed by atoms with Crippen molar-refractivity contribution in [1.82, 2.24) is 15.1 Å². The van der Waals surface area contributed by atoms with Crippen LogP contribution in [0, 0.1) is 0 Å². The molecule has 0 saturated carbocycles. The Morgan fingerprint density at radius 1 is 1.15 bits per heavy atom. The molecule has 0 saturated heterocycles. The zero-order valence-corrected chi connectivity index (χ0v) is 15.2. The van der Waals surface area contributed by atoms with E-state index in [4.69, 9.17) is 16.3 Å². The van der Waals surface area contributed by atoms with Crippen molar-refractivity contribution in [2.45, 2.75) is 19.4 Å². The van der Waals surface area contributed by atoms with Crippen LogP contribution in [0.4, 0.5) is 0 Å². The van der Waals surface area contributed by atoms with Crippen molar-refractivity contribution in [3.63, 3.8) is 0 Å². The van der Waals surface area contributed by atoms with Gasteiger partial charge in [0.15, 0.2) is 6.10 Å². The quantitative estimate of drug-likeness (QED) is 0.691. The van der Waals surface area contributed by atoms with E-state index in [1.807, 2.05) is 60.7 Å². The van der Waals surface area contributed by atoms with Gasteiger partial charge in [0.1, 0.15) is 5.02 Å². The third kappa shape index (κ3) is 4.64. The molecule has 1 heterocycles. The molecular weight excluding hydrogens is 350 g/mol. The minimum absolute atomic E-state index is 0.203. The van der Waals surface area contributed by atoms with Crippen LogP contribution in [0.5, 0.6) is 5.88 Å². The molecule has 2 aromatic carbocycles. The summed E-state index contributed by atoms with van der Waals surface area (Å²) in [6, 6.07) is 19.6. The molecule has 1 atom stereocenters. The van der Waals surface area contributed by atoms with Crippen molar-refractivity contribution in [3.8, 4) is 11.6 Å². The highest BCUT2D eigenvalue weighted by molar-refractivity contribution is 6.31. The van der Waals surface area contributed by atoms with E-state index in [-0.39, 0.29) is 11.8 Å². The lowest BCUT2D eigenvalue weighted by Gasteiger charge is -2.13. The monoisotopic (exact) mass is 369 g/mol. The van der Waals surface area contributed by atoms with Crippen molar-refractivity contribution < 1.29 is 9.53 Å². The molecule has 0 aliphatic heterocycles. The molecule has 3 aromatic rings. The van der Waals surface area contributed by atoms with Crippen LogP contribution in [-0.2, 0) is 11.2 Å². The Morgan fingerprint density at radius 2 is 1.81 bits per heavy atom. The zero-order chi connectivity index (χ0) is 18.4. The second kappa shape index (κ2) is 8.54. The molecule has 5 nitrogen and oxygen atoms in total. The third-order valence-electron chi connectivity index (χ3n) is 3.87. The zero-order valence-electron chi connectivity index (χ0n) is 14.4. The average molecular weight is 370 g/mol. The van der Waals surface area contributed by atoms with Gasteiger partial charge in [-0.2, -0.15) is 0 Å². The number of carbonyl (C=O) groups is 1. The minimum atomic E-state index is -0.692. The first-order valence-corrected chi connectivity index (χ1v) is 8.80. The summed E-state index contributed by atoms with van der Waals surface area (Å²) < 4.78 is 7.26. The van der Waals surface area contributed by atoms with Gasteiger partial charge < -0.3 is 10.1 Å². The highest BCUT2D eigenvalue weighted by atomic mass is 35.5. The first kappa shape index (κ1) is 18.0. The number of nitrogens with zero attached hydrogens (tertiary/aromatic N) is 2. The number of halogens is 1. The molecule has 1 aromatic heterocycles. The molecule has 0 radical (unpaired) electrons. The first-order chi connectivity index (χ1) is 12.6. The lowest BCUT2D eigenvalue weighted by molar-refractivity contribution is -0.127. The van der Waals surface area contributed by atoms with Crippen molar-refractivity contribution in [2.75, 3.05) is 6.54 Å². The Kier molecular flexibility index (Phi) is 5.92. The number of amides is 1. The van der Waals surface area contributed by atoms with E-state index in [1.54, 1.807) is 17.8 Å². The Bertz CT molecular complexity index is 850. The first-order valence-electron chi connectivity index (χ1n) is 8.42. The lowest BCUT2D eigenvalue weighted by atomic mass is 10.1. The second-order valence-electron chi connectivity index (χ2n) is 5.85. The lowest BCUT2D eigenvalue weighted by Crippen LogP contribution is -2.37. The van der Waals surface area contributed by atoms with E-state index >= 15 is 0 Å². The molecule has 0 aliphatic carbocycles. The maximum absolute atomic E-state index is 12.2. The summed E-state index contributed by atoms with van der Waals surface area (Å²) in [6.07, 6.45) is 1.73. The Balaban J connectivity index is 1.55. The van der Waals surface area contributed by atoms with Crippen molar-refractivity contribution in [3.05, 3.63) is 77.4 Å². The standard InChI is InChI=1S/C20H20ClN3O2/c1-15(19(25)22-13-12-16-8-4-2-5-9-16)26-20-18(21)14-24(23-20)17-10-6-3-7-11-17/h2-11,14-15H,12-13H2,1H3,(H,22,25)/t15-/m0/s1. The smallest absolute Gasteiger partial charge is 0.260 e. The van der Waals surface area contributed by atoms with Crippen LogP contribution >= 0.6 is 11.6 Å². The predicted molar refractivity (Wildman–Crippen MR) is 102 cm³/mol. The predicted octanol–water partition coefficient (Wildman–Crippen LogP) is 3.65. The number of nitrogens with one attached hydrogen (secondary N) is 1. The molecule has 0 bridgehead atoms. The Morgan fingerprint density at radius 3 is 2.50 bits per heavy atom. The summed E-state index contributed by atoms with van der Waals surface area (Å²) in [7, 11) is 0. The number of hydrogen-bond acceptors (Lipinski definition) is 3. The maximum Gasteiger partial charge on any atom is 0.260 e. The summed E-state index contributed by atoms with van der Waals surface area (Å²) in [5, 5.41) is 7.54. The summed E-state index contributed by atoms with van der Waals surface area (Å²) in [6.45, 7) is 2.22. The second-order valence-corrected chi connectivity index (χ2v) is 6.26. The maximum atomic E-state index is 12.2. The minimum Gasteiger partial charge on any atom is -0.462 e. The van der Waals surface area contributed by atoms with Crippen molar-refractivity contribution in [2.24, 2.45) is 0 Å². The molecule has 1 amide bonds. The fourth-order valence-electron chi connectivity index (χ4n) is 2.47. The van der Waals surface area contributed by atoms with Crippen LogP contribution < -0.4 is 10.1 Å². The van der Waals surface area contributed by atoms with Crippen LogP contribution in [0.1, 0.15) is 12.5 Å². The van der Waals surface area contributed by atoms with Gasteiger partial charge in [-0.15, -0.1) is 5.10 Å². The number of aromatic nitrogens is 2. The van der Waals surface area contributed by atoms with Gasteiger partial charge in [0.05, 0.1) is 11.9 Å². The summed E-state index contributed by atoms with van der Waals surface area (Å²) in [4.78, 5) is 12.2. The molecule has 3 rings (SSSR count). The molecule has 0 fully saturated rings. The van der Waals surface area contributed by atoms with Crippen molar-refractivity contribution >= 4 is 17.5 Å².